The van der Waals surface area contributed by atoms with Crippen molar-refractivity contribution in [3.8, 4) is 11.4 Å². The highest BCUT2D eigenvalue weighted by Gasteiger charge is 2.10. The van der Waals surface area contributed by atoms with E-state index in [-0.39, 0.29) is 5.91 Å². The van der Waals surface area contributed by atoms with Crippen LogP contribution in [0.4, 0.5) is 0 Å². The summed E-state index contributed by atoms with van der Waals surface area (Å²) in [5, 5.41) is 6.93. The van der Waals surface area contributed by atoms with Gasteiger partial charge in [0.15, 0.2) is 0 Å². The van der Waals surface area contributed by atoms with Gasteiger partial charge in [0.2, 0.25) is 17.6 Å². The highest BCUT2D eigenvalue weighted by Crippen LogP contribution is 2.15. The topological polar surface area (TPSA) is 68.0 Å². The number of nitrogens with one attached hydrogen (secondary N) is 1. The van der Waals surface area contributed by atoms with E-state index in [9.17, 15) is 4.79 Å². The number of carbonyl (C=O) groups excluding carboxylic acids is 1. The second kappa shape index (κ2) is 9.12. The molecule has 0 saturated heterocycles. The van der Waals surface area contributed by atoms with Crippen molar-refractivity contribution in [1.82, 2.24) is 15.5 Å². The third-order valence-corrected chi connectivity index (χ3v) is 4.51. The molecule has 1 aromatic heterocycles. The van der Waals surface area contributed by atoms with Crippen LogP contribution in [0.2, 0.25) is 0 Å². The highest BCUT2D eigenvalue weighted by atomic mass is 16.5. The molecule has 5 heteroatoms. The first kappa shape index (κ1) is 18.8. The molecule has 0 aliphatic rings. The van der Waals surface area contributed by atoms with Gasteiger partial charge in [-0.25, -0.2) is 0 Å². The lowest BCUT2D eigenvalue weighted by Gasteiger charge is -2.08. The fourth-order valence-electron chi connectivity index (χ4n) is 3.00. The summed E-state index contributed by atoms with van der Waals surface area (Å²) in [5.41, 5.74) is 4.84. The first-order chi connectivity index (χ1) is 13.1. The van der Waals surface area contributed by atoms with Crippen LogP contribution in [0, 0.1) is 13.8 Å². The Morgan fingerprint density at radius 2 is 1.89 bits per heavy atom. The Balaban J connectivity index is 1.38. The van der Waals surface area contributed by atoms with Crippen LogP contribution in [0.3, 0.4) is 0 Å². The largest absolute Gasteiger partial charge is 0.356 e. The number of rotatable bonds is 8. The zero-order valence-corrected chi connectivity index (χ0v) is 15.9. The van der Waals surface area contributed by atoms with Gasteiger partial charge in [-0.1, -0.05) is 59.3 Å². The maximum absolute atomic E-state index is 12.0. The van der Waals surface area contributed by atoms with Crippen LogP contribution in [0.1, 0.15) is 35.4 Å². The Bertz CT molecular complexity index is 888. The molecule has 0 aliphatic heterocycles. The average Bonchev–Trinajstić information content (AvgIpc) is 3.15. The van der Waals surface area contributed by atoms with Crippen molar-refractivity contribution in [3.63, 3.8) is 0 Å². The summed E-state index contributed by atoms with van der Waals surface area (Å²) in [6.45, 7) is 4.91. The van der Waals surface area contributed by atoms with E-state index in [0.29, 0.717) is 31.1 Å². The van der Waals surface area contributed by atoms with Gasteiger partial charge in [-0.15, -0.1) is 0 Å². The molecule has 0 fully saturated rings. The lowest BCUT2D eigenvalue weighted by molar-refractivity contribution is -0.121. The summed E-state index contributed by atoms with van der Waals surface area (Å²) in [5.74, 6) is 1.05. The Morgan fingerprint density at radius 3 is 2.67 bits per heavy atom. The molecule has 0 bridgehead atoms. The van der Waals surface area contributed by atoms with Crippen molar-refractivity contribution in [2.45, 2.75) is 39.5 Å². The van der Waals surface area contributed by atoms with Crippen molar-refractivity contribution in [3.05, 3.63) is 71.1 Å². The van der Waals surface area contributed by atoms with Crippen LogP contribution < -0.4 is 5.32 Å². The molecule has 0 atom stereocenters. The number of hydrogen-bond donors (Lipinski definition) is 1. The van der Waals surface area contributed by atoms with Gasteiger partial charge in [0.25, 0.3) is 0 Å². The molecule has 0 unspecified atom stereocenters. The van der Waals surface area contributed by atoms with Crippen molar-refractivity contribution < 1.29 is 9.32 Å². The van der Waals surface area contributed by atoms with E-state index in [2.05, 4.69) is 47.5 Å². The molecule has 0 radical (unpaired) electrons. The molecule has 0 saturated carbocycles. The number of nitrogens with zero attached hydrogens (tertiary/aromatic N) is 2. The minimum absolute atomic E-state index is 0.00934. The van der Waals surface area contributed by atoms with Gasteiger partial charge in [0.1, 0.15) is 0 Å². The average molecular weight is 363 g/mol. The van der Waals surface area contributed by atoms with Gasteiger partial charge in [-0.05, 0) is 37.8 Å². The van der Waals surface area contributed by atoms with E-state index in [1.165, 1.54) is 16.7 Å². The van der Waals surface area contributed by atoms with Crippen LogP contribution in [0.5, 0.6) is 0 Å². The third kappa shape index (κ3) is 5.51. The Kier molecular flexibility index (Phi) is 6.36. The van der Waals surface area contributed by atoms with Crippen molar-refractivity contribution in [2.75, 3.05) is 6.54 Å². The van der Waals surface area contributed by atoms with Crippen molar-refractivity contribution in [1.29, 1.82) is 0 Å². The van der Waals surface area contributed by atoms with E-state index in [1.807, 2.05) is 30.3 Å². The van der Waals surface area contributed by atoms with Crippen LogP contribution in [-0.4, -0.2) is 22.6 Å². The number of carbonyl (C=O) groups is 1. The maximum atomic E-state index is 12.0. The summed E-state index contributed by atoms with van der Waals surface area (Å²) in [6.07, 6.45) is 2.69. The first-order valence-electron chi connectivity index (χ1n) is 9.32. The fourth-order valence-corrected chi connectivity index (χ4v) is 3.00. The van der Waals surface area contributed by atoms with Gasteiger partial charge in [-0.3, -0.25) is 4.79 Å². The van der Waals surface area contributed by atoms with Gasteiger partial charge < -0.3 is 9.84 Å². The van der Waals surface area contributed by atoms with Gasteiger partial charge >= 0.3 is 0 Å². The Labute approximate surface area is 159 Å². The molecule has 1 N–H and O–H groups in total. The molecule has 27 heavy (non-hydrogen) atoms. The molecular formula is C22H25N3O2. The van der Waals surface area contributed by atoms with E-state index in [1.54, 1.807) is 0 Å². The van der Waals surface area contributed by atoms with Gasteiger partial charge in [0, 0.05) is 24.9 Å². The second-order valence-corrected chi connectivity index (χ2v) is 6.76. The van der Waals surface area contributed by atoms with Crippen LogP contribution in [0.15, 0.2) is 53.1 Å². The summed E-state index contributed by atoms with van der Waals surface area (Å²) in [4.78, 5) is 16.4. The number of amides is 1. The van der Waals surface area contributed by atoms with Crippen LogP contribution in [-0.2, 0) is 17.6 Å². The number of aryl methyl sites for hydroxylation is 4. The number of aromatic nitrogens is 2. The minimum atomic E-state index is 0.00934. The summed E-state index contributed by atoms with van der Waals surface area (Å²) in [6, 6.07) is 16.2. The summed E-state index contributed by atoms with van der Waals surface area (Å²) >= 11 is 0. The maximum Gasteiger partial charge on any atom is 0.227 e. The molecule has 5 nitrogen and oxygen atoms in total. The first-order valence-corrected chi connectivity index (χ1v) is 9.32. The molecule has 0 spiro atoms. The Morgan fingerprint density at radius 1 is 1.07 bits per heavy atom. The zero-order valence-electron chi connectivity index (χ0n) is 15.9. The van der Waals surface area contributed by atoms with E-state index >= 15 is 0 Å². The standard InChI is InChI=1S/C22H25N3O2/c1-16-10-11-18(17(2)15-16)9-6-14-23-20(26)12-13-21-24-22(25-27-21)19-7-4-3-5-8-19/h3-5,7-8,10-11,15H,6,9,12-14H2,1-2H3,(H,23,26). The smallest absolute Gasteiger partial charge is 0.227 e. The van der Waals surface area contributed by atoms with Crippen molar-refractivity contribution in [2.24, 2.45) is 0 Å². The molecule has 1 amide bonds. The molecular weight excluding hydrogens is 338 g/mol. The highest BCUT2D eigenvalue weighted by molar-refractivity contribution is 5.76. The van der Waals surface area contributed by atoms with E-state index < -0.39 is 0 Å². The molecule has 2 aromatic carbocycles. The summed E-state index contributed by atoms with van der Waals surface area (Å²) < 4.78 is 5.23. The van der Waals surface area contributed by atoms with Gasteiger partial charge in [-0.2, -0.15) is 4.98 Å². The van der Waals surface area contributed by atoms with Crippen LogP contribution in [0.25, 0.3) is 11.4 Å². The SMILES string of the molecule is Cc1ccc(CCCNC(=O)CCc2nc(-c3ccccc3)no2)c(C)c1. The second-order valence-electron chi connectivity index (χ2n) is 6.76. The normalized spacial score (nSPS) is 10.7. The Hall–Kier alpha value is -2.95. The molecule has 3 rings (SSSR count). The quantitative estimate of drug-likeness (QED) is 0.614. The fraction of sp³-hybridized carbons (Fsp3) is 0.318. The predicted octanol–water partition coefficient (Wildman–Crippen LogP) is 4.04. The van der Waals surface area contributed by atoms with Crippen molar-refractivity contribution >= 4 is 5.91 Å². The zero-order chi connectivity index (χ0) is 19.1. The van der Waals surface area contributed by atoms with E-state index in [4.69, 9.17) is 4.52 Å². The molecule has 0 aliphatic carbocycles. The molecule has 3 aromatic rings. The number of benzene rings is 2. The monoisotopic (exact) mass is 363 g/mol. The van der Waals surface area contributed by atoms with Gasteiger partial charge in [0.05, 0.1) is 0 Å². The summed E-state index contributed by atoms with van der Waals surface area (Å²) in [7, 11) is 0. The minimum Gasteiger partial charge on any atom is -0.356 e. The number of hydrogen-bond acceptors (Lipinski definition) is 4. The molecule has 1 heterocycles. The third-order valence-electron chi connectivity index (χ3n) is 4.51. The lowest BCUT2D eigenvalue weighted by Crippen LogP contribution is -2.25. The van der Waals surface area contributed by atoms with E-state index in [0.717, 1.165) is 18.4 Å². The van der Waals surface area contributed by atoms with Crippen LogP contribution >= 0.6 is 0 Å². The molecule has 140 valence electrons. The predicted molar refractivity (Wildman–Crippen MR) is 105 cm³/mol. The lowest BCUT2D eigenvalue weighted by atomic mass is 10.0.